The molecule has 0 aliphatic carbocycles. The van der Waals surface area contributed by atoms with Crippen molar-refractivity contribution in [1.29, 1.82) is 0 Å². The highest BCUT2D eigenvalue weighted by Gasteiger charge is 2.25. The number of amides is 1. The smallest absolute Gasteiger partial charge is 0.225 e. The quantitative estimate of drug-likeness (QED) is 0.733. The average Bonchev–Trinajstić information content (AvgIpc) is 3.15. The molecule has 24 heavy (non-hydrogen) atoms. The second-order valence-corrected chi connectivity index (χ2v) is 6.36. The zero-order chi connectivity index (χ0) is 17.3. The fourth-order valence-corrected chi connectivity index (χ4v) is 2.38. The number of carbonyl (C=O) groups excluding carboxylic acids is 1. The first-order chi connectivity index (χ1) is 11.4. The number of tetrazole rings is 1. The van der Waals surface area contributed by atoms with Crippen molar-refractivity contribution in [2.75, 3.05) is 0 Å². The molecule has 0 aliphatic rings. The van der Waals surface area contributed by atoms with Crippen LogP contribution in [0, 0.1) is 0 Å². The first kappa shape index (κ1) is 15.8. The average molecular weight is 326 g/mol. The molecular formula is C15H18N8O. The predicted molar refractivity (Wildman–Crippen MR) is 86.5 cm³/mol. The van der Waals surface area contributed by atoms with Gasteiger partial charge in [-0.2, -0.15) is 10.3 Å². The number of hydrogen-bond donors (Lipinski definition) is 2. The molecule has 1 aromatic carbocycles. The molecule has 3 rings (SSSR count). The summed E-state index contributed by atoms with van der Waals surface area (Å²) in [4.78, 5) is 15.8. The number of primary amides is 1. The van der Waals surface area contributed by atoms with Gasteiger partial charge in [-0.05, 0) is 26.0 Å². The molecule has 0 saturated carbocycles. The van der Waals surface area contributed by atoms with Gasteiger partial charge in [-0.3, -0.25) is 4.79 Å². The third-order valence-electron chi connectivity index (χ3n) is 3.37. The van der Waals surface area contributed by atoms with Crippen molar-refractivity contribution >= 4 is 5.91 Å². The van der Waals surface area contributed by atoms with E-state index in [4.69, 9.17) is 5.73 Å². The fraction of sp³-hybridized carbons (Fsp3) is 0.333. The molecule has 9 heteroatoms. The van der Waals surface area contributed by atoms with Crippen molar-refractivity contribution in [2.45, 2.75) is 32.7 Å². The van der Waals surface area contributed by atoms with Crippen LogP contribution in [0.25, 0.3) is 22.8 Å². The monoisotopic (exact) mass is 326 g/mol. The number of nitrogens with one attached hydrogen (secondary N) is 1. The topological polar surface area (TPSA) is 128 Å². The molecule has 0 atom stereocenters. The second-order valence-electron chi connectivity index (χ2n) is 6.36. The number of aromatic nitrogens is 7. The van der Waals surface area contributed by atoms with Crippen molar-refractivity contribution in [1.82, 2.24) is 35.4 Å². The molecule has 0 spiro atoms. The van der Waals surface area contributed by atoms with Gasteiger partial charge in [0.1, 0.15) is 0 Å². The maximum Gasteiger partial charge on any atom is 0.225 e. The number of rotatable bonds is 4. The fourth-order valence-electron chi connectivity index (χ4n) is 2.38. The van der Waals surface area contributed by atoms with Crippen LogP contribution in [-0.4, -0.2) is 41.3 Å². The largest absolute Gasteiger partial charge is 0.369 e. The number of aromatic amines is 1. The molecule has 0 bridgehead atoms. The summed E-state index contributed by atoms with van der Waals surface area (Å²) >= 11 is 0. The standard InChI is InChI=1S/C15H18N8O/c1-15(2,3)23-14(17-12(20-23)8-11(16)24)10-7-5-4-6-9(10)13-18-21-22-19-13/h4-7H,8H2,1-3H3,(H2,16,24)(H,18,19,21,22). The van der Waals surface area contributed by atoms with Gasteiger partial charge in [-0.1, -0.05) is 24.3 Å². The van der Waals surface area contributed by atoms with E-state index >= 15 is 0 Å². The molecule has 124 valence electrons. The van der Waals surface area contributed by atoms with Gasteiger partial charge in [0.25, 0.3) is 0 Å². The van der Waals surface area contributed by atoms with Crippen molar-refractivity contribution < 1.29 is 4.79 Å². The van der Waals surface area contributed by atoms with Crippen molar-refractivity contribution in [2.24, 2.45) is 5.73 Å². The van der Waals surface area contributed by atoms with E-state index in [1.54, 1.807) is 4.68 Å². The van der Waals surface area contributed by atoms with Crippen LogP contribution < -0.4 is 5.73 Å². The Hall–Kier alpha value is -3.10. The summed E-state index contributed by atoms with van der Waals surface area (Å²) in [5.41, 5.74) is 6.52. The van der Waals surface area contributed by atoms with Crippen molar-refractivity contribution in [3.8, 4) is 22.8 Å². The maximum absolute atomic E-state index is 11.2. The Labute approximate surface area is 138 Å². The van der Waals surface area contributed by atoms with Crippen molar-refractivity contribution in [3.63, 3.8) is 0 Å². The normalized spacial score (nSPS) is 11.6. The first-order valence-electron chi connectivity index (χ1n) is 7.44. The van der Waals surface area contributed by atoms with Crippen LogP contribution >= 0.6 is 0 Å². The van der Waals surface area contributed by atoms with Crippen LogP contribution in [0.15, 0.2) is 24.3 Å². The van der Waals surface area contributed by atoms with Gasteiger partial charge in [0.2, 0.25) is 11.7 Å². The van der Waals surface area contributed by atoms with Crippen molar-refractivity contribution in [3.05, 3.63) is 30.1 Å². The van der Waals surface area contributed by atoms with Crippen LogP contribution in [0.2, 0.25) is 0 Å². The highest BCUT2D eigenvalue weighted by molar-refractivity contribution is 5.78. The molecule has 3 N–H and O–H groups in total. The van der Waals surface area contributed by atoms with Gasteiger partial charge in [0.05, 0.1) is 12.0 Å². The van der Waals surface area contributed by atoms with E-state index in [0.717, 1.165) is 11.1 Å². The maximum atomic E-state index is 11.2. The van der Waals surface area contributed by atoms with Crippen LogP contribution in [-0.2, 0) is 16.8 Å². The number of benzene rings is 1. The third kappa shape index (κ3) is 3.00. The highest BCUT2D eigenvalue weighted by atomic mass is 16.1. The lowest BCUT2D eigenvalue weighted by Crippen LogP contribution is -2.24. The molecular weight excluding hydrogens is 308 g/mol. The van der Waals surface area contributed by atoms with Crippen LogP contribution in [0.5, 0.6) is 0 Å². The summed E-state index contributed by atoms with van der Waals surface area (Å²) in [5.74, 6) is 0.999. The number of carbonyl (C=O) groups is 1. The van der Waals surface area contributed by atoms with Gasteiger partial charge >= 0.3 is 0 Å². The Morgan fingerprint density at radius 1 is 1.25 bits per heavy atom. The number of nitrogens with zero attached hydrogens (tertiary/aromatic N) is 6. The minimum Gasteiger partial charge on any atom is -0.369 e. The zero-order valence-corrected chi connectivity index (χ0v) is 13.7. The van der Waals surface area contributed by atoms with Gasteiger partial charge in [-0.25, -0.2) is 9.67 Å². The molecule has 0 aliphatic heterocycles. The Bertz CT molecular complexity index is 860. The zero-order valence-electron chi connectivity index (χ0n) is 13.7. The highest BCUT2D eigenvalue weighted by Crippen LogP contribution is 2.31. The van der Waals surface area contributed by atoms with E-state index in [2.05, 4.69) is 30.7 Å². The predicted octanol–water partition coefficient (Wildman–Crippen LogP) is 0.908. The summed E-state index contributed by atoms with van der Waals surface area (Å²) in [6.07, 6.45) is -0.0134. The molecule has 0 radical (unpaired) electrons. The van der Waals surface area contributed by atoms with E-state index in [-0.39, 0.29) is 12.0 Å². The molecule has 0 saturated heterocycles. The Kier molecular flexibility index (Phi) is 3.84. The number of nitrogens with two attached hydrogens (primary N) is 1. The molecule has 1 amide bonds. The second kappa shape index (κ2) is 5.84. The van der Waals surface area contributed by atoms with E-state index in [9.17, 15) is 4.79 Å². The summed E-state index contributed by atoms with van der Waals surface area (Å²) in [6, 6.07) is 7.58. The van der Waals surface area contributed by atoms with Crippen LogP contribution in [0.4, 0.5) is 0 Å². The summed E-state index contributed by atoms with van der Waals surface area (Å²) in [5, 5.41) is 18.6. The third-order valence-corrected chi connectivity index (χ3v) is 3.37. The minimum absolute atomic E-state index is 0.0134. The number of hydrogen-bond acceptors (Lipinski definition) is 6. The lowest BCUT2D eigenvalue weighted by atomic mass is 10.0. The Morgan fingerprint density at radius 3 is 2.54 bits per heavy atom. The molecule has 2 heterocycles. The lowest BCUT2D eigenvalue weighted by molar-refractivity contribution is -0.117. The Balaban J connectivity index is 2.19. The summed E-state index contributed by atoms with van der Waals surface area (Å²) in [6.45, 7) is 6.03. The lowest BCUT2D eigenvalue weighted by Gasteiger charge is -2.21. The molecule has 0 unspecified atom stereocenters. The van der Waals surface area contributed by atoms with Crippen LogP contribution in [0.1, 0.15) is 26.6 Å². The van der Waals surface area contributed by atoms with E-state index < -0.39 is 5.91 Å². The van der Waals surface area contributed by atoms with Crippen LogP contribution in [0.3, 0.4) is 0 Å². The van der Waals surface area contributed by atoms with E-state index in [1.807, 2.05) is 45.0 Å². The SMILES string of the molecule is CC(C)(C)n1nc(CC(N)=O)nc1-c1ccccc1-c1nn[nH]n1. The van der Waals surface area contributed by atoms with E-state index in [0.29, 0.717) is 17.5 Å². The molecule has 9 nitrogen and oxygen atoms in total. The molecule has 2 aromatic heterocycles. The van der Waals surface area contributed by atoms with E-state index in [1.165, 1.54) is 0 Å². The molecule has 0 fully saturated rings. The first-order valence-corrected chi connectivity index (χ1v) is 7.44. The molecule has 3 aromatic rings. The van der Waals surface area contributed by atoms with Gasteiger partial charge in [-0.15, -0.1) is 10.2 Å². The summed E-state index contributed by atoms with van der Waals surface area (Å²) < 4.78 is 1.78. The number of H-pyrrole nitrogens is 1. The summed E-state index contributed by atoms with van der Waals surface area (Å²) in [7, 11) is 0. The van der Waals surface area contributed by atoms with Gasteiger partial charge in [0.15, 0.2) is 11.6 Å². The minimum atomic E-state index is -0.473. The van der Waals surface area contributed by atoms with Gasteiger partial charge in [0, 0.05) is 11.1 Å². The van der Waals surface area contributed by atoms with Gasteiger partial charge < -0.3 is 5.73 Å². The Morgan fingerprint density at radius 2 is 1.96 bits per heavy atom.